The molecule has 2 aromatic carbocycles. The van der Waals surface area contributed by atoms with Gasteiger partial charge in [-0.25, -0.2) is 8.42 Å². The molecule has 0 radical (unpaired) electrons. The second kappa shape index (κ2) is 9.40. The van der Waals surface area contributed by atoms with Crippen molar-refractivity contribution in [1.82, 2.24) is 9.88 Å². The Bertz CT molecular complexity index is 1360. The third-order valence-electron chi connectivity index (χ3n) is 5.79. The highest BCUT2D eigenvalue weighted by Gasteiger charge is 2.27. The number of carbonyl (C=O) groups excluding carboxylic acids is 2. The van der Waals surface area contributed by atoms with E-state index in [1.54, 1.807) is 36.7 Å². The van der Waals surface area contributed by atoms with E-state index in [2.05, 4.69) is 5.32 Å². The molecule has 0 unspecified atom stereocenters. The van der Waals surface area contributed by atoms with Crippen molar-refractivity contribution in [3.05, 3.63) is 64.3 Å². The number of nitrogens with zero attached hydrogens (tertiary/aromatic N) is 1. The van der Waals surface area contributed by atoms with Crippen LogP contribution < -0.4 is 5.32 Å². The highest BCUT2D eigenvalue weighted by Crippen LogP contribution is 2.28. The molecular weight excluding hydrogens is 480 g/mol. The van der Waals surface area contributed by atoms with E-state index in [0.29, 0.717) is 16.3 Å². The summed E-state index contributed by atoms with van der Waals surface area (Å²) >= 11 is 6.34. The second-order valence-corrected chi connectivity index (χ2v) is 10.8. The van der Waals surface area contributed by atoms with Gasteiger partial charge in [0.1, 0.15) is 11.8 Å². The van der Waals surface area contributed by atoms with E-state index in [-0.39, 0.29) is 36.2 Å². The summed E-state index contributed by atoms with van der Waals surface area (Å²) in [7, 11) is -2.04. The molecule has 180 valence electrons. The van der Waals surface area contributed by atoms with Gasteiger partial charge in [-0.3, -0.25) is 9.59 Å². The first kappa shape index (κ1) is 24.3. The van der Waals surface area contributed by atoms with E-state index in [4.69, 9.17) is 21.1 Å². The maximum absolute atomic E-state index is 12.9. The van der Waals surface area contributed by atoms with Crippen molar-refractivity contribution >= 4 is 44.2 Å². The van der Waals surface area contributed by atoms with Crippen LogP contribution in [0.25, 0.3) is 10.9 Å². The number of esters is 1. The van der Waals surface area contributed by atoms with Gasteiger partial charge < -0.3 is 19.4 Å². The minimum Gasteiger partial charge on any atom is -0.457 e. The molecular formula is C24H25ClN2O6S. The number of nitrogens with one attached hydrogen (secondary N) is 1. The molecule has 1 atom stereocenters. The van der Waals surface area contributed by atoms with Crippen LogP contribution in [0.4, 0.5) is 0 Å². The van der Waals surface area contributed by atoms with Crippen LogP contribution in [0, 0.1) is 6.92 Å². The Hall–Kier alpha value is -2.88. The summed E-state index contributed by atoms with van der Waals surface area (Å²) in [5.41, 5.74) is 3.04. The van der Waals surface area contributed by atoms with E-state index in [1.807, 2.05) is 19.1 Å². The SMILES string of the molecule is Cc1cc(Cl)c2cc(C(=O)N[C@H](C)c3ccc(S(=O)(=O)CC(=O)OC4COC4)cc3)n(C)c2c1. The van der Waals surface area contributed by atoms with Gasteiger partial charge in [0.05, 0.1) is 34.7 Å². The number of sulfone groups is 1. The number of fused-ring (bicyclic) bond motifs is 1. The van der Waals surface area contributed by atoms with Crippen LogP contribution in [0.2, 0.25) is 5.02 Å². The van der Waals surface area contributed by atoms with Crippen molar-refractivity contribution in [2.45, 2.75) is 30.9 Å². The topological polar surface area (TPSA) is 104 Å². The number of aryl methyl sites for hydroxylation is 2. The van der Waals surface area contributed by atoms with Crippen molar-refractivity contribution in [1.29, 1.82) is 0 Å². The molecule has 1 aromatic heterocycles. The normalized spacial score (nSPS) is 15.1. The third-order valence-corrected chi connectivity index (χ3v) is 7.71. The van der Waals surface area contributed by atoms with E-state index in [0.717, 1.165) is 16.5 Å². The van der Waals surface area contributed by atoms with E-state index in [9.17, 15) is 18.0 Å². The van der Waals surface area contributed by atoms with Crippen LogP contribution in [0.3, 0.4) is 0 Å². The molecule has 10 heteroatoms. The van der Waals surface area contributed by atoms with E-state index < -0.39 is 21.6 Å². The Morgan fingerprint density at radius 3 is 2.50 bits per heavy atom. The number of hydrogen-bond donors (Lipinski definition) is 1. The lowest BCUT2D eigenvalue weighted by atomic mass is 10.1. The van der Waals surface area contributed by atoms with Crippen molar-refractivity contribution < 1.29 is 27.5 Å². The molecule has 1 N–H and O–H groups in total. The maximum atomic E-state index is 12.9. The zero-order chi connectivity index (χ0) is 24.6. The summed E-state index contributed by atoms with van der Waals surface area (Å²) in [5.74, 6) is -1.82. The third kappa shape index (κ3) is 4.96. The molecule has 0 bridgehead atoms. The molecule has 1 saturated heterocycles. The second-order valence-electron chi connectivity index (χ2n) is 8.44. The lowest BCUT2D eigenvalue weighted by Gasteiger charge is -2.25. The maximum Gasteiger partial charge on any atom is 0.321 e. The number of ether oxygens (including phenoxy) is 2. The summed E-state index contributed by atoms with van der Waals surface area (Å²) < 4.78 is 36.8. The van der Waals surface area contributed by atoms with Gasteiger partial charge in [0.2, 0.25) is 0 Å². The Balaban J connectivity index is 1.44. The predicted octanol–water partition coefficient (Wildman–Crippen LogP) is 3.35. The molecule has 4 rings (SSSR count). The largest absolute Gasteiger partial charge is 0.457 e. The average Bonchev–Trinajstić information content (AvgIpc) is 3.07. The van der Waals surface area contributed by atoms with Gasteiger partial charge >= 0.3 is 5.97 Å². The molecule has 1 aliphatic rings. The van der Waals surface area contributed by atoms with Gasteiger partial charge in [0.15, 0.2) is 15.6 Å². The van der Waals surface area contributed by atoms with Crippen LogP contribution in [-0.4, -0.2) is 49.9 Å². The fourth-order valence-electron chi connectivity index (χ4n) is 3.79. The molecule has 0 spiro atoms. The number of carbonyl (C=O) groups is 2. The quantitative estimate of drug-likeness (QED) is 0.495. The van der Waals surface area contributed by atoms with Crippen LogP contribution in [0.1, 0.15) is 34.6 Å². The highest BCUT2D eigenvalue weighted by molar-refractivity contribution is 7.92. The first-order chi connectivity index (χ1) is 16.0. The molecule has 0 saturated carbocycles. The Labute approximate surface area is 202 Å². The molecule has 34 heavy (non-hydrogen) atoms. The Kier molecular flexibility index (Phi) is 6.71. The van der Waals surface area contributed by atoms with Gasteiger partial charge in [0, 0.05) is 12.4 Å². The monoisotopic (exact) mass is 504 g/mol. The van der Waals surface area contributed by atoms with Crippen molar-refractivity contribution in [2.24, 2.45) is 7.05 Å². The van der Waals surface area contributed by atoms with Gasteiger partial charge in [-0.1, -0.05) is 23.7 Å². The molecule has 8 nitrogen and oxygen atoms in total. The molecule has 1 amide bonds. The number of benzene rings is 2. The van der Waals surface area contributed by atoms with Crippen molar-refractivity contribution in [2.75, 3.05) is 19.0 Å². The zero-order valence-electron chi connectivity index (χ0n) is 19.0. The predicted molar refractivity (Wildman–Crippen MR) is 128 cm³/mol. The highest BCUT2D eigenvalue weighted by atomic mass is 35.5. The fraction of sp³-hybridized carbons (Fsp3) is 0.333. The number of aromatic nitrogens is 1. The van der Waals surface area contributed by atoms with E-state index in [1.165, 1.54) is 12.1 Å². The molecule has 1 fully saturated rings. The average molecular weight is 505 g/mol. The summed E-state index contributed by atoms with van der Waals surface area (Å²) in [6.07, 6.45) is -0.378. The lowest BCUT2D eigenvalue weighted by Crippen LogP contribution is -2.39. The Morgan fingerprint density at radius 1 is 1.21 bits per heavy atom. The van der Waals surface area contributed by atoms with Crippen LogP contribution in [0.15, 0.2) is 47.4 Å². The fourth-order valence-corrected chi connectivity index (χ4v) is 5.21. The molecule has 3 aromatic rings. The van der Waals surface area contributed by atoms with Gasteiger partial charge in [-0.05, 0) is 55.3 Å². The summed E-state index contributed by atoms with van der Waals surface area (Å²) in [5, 5.41) is 4.31. The van der Waals surface area contributed by atoms with Crippen LogP contribution >= 0.6 is 11.6 Å². The lowest BCUT2D eigenvalue weighted by molar-refractivity contribution is -0.169. The first-order valence-corrected chi connectivity index (χ1v) is 12.7. The summed E-state index contributed by atoms with van der Waals surface area (Å²) in [4.78, 5) is 24.8. The van der Waals surface area contributed by atoms with E-state index >= 15 is 0 Å². The number of halogens is 1. The van der Waals surface area contributed by atoms with Crippen molar-refractivity contribution in [3.63, 3.8) is 0 Å². The summed E-state index contributed by atoms with van der Waals surface area (Å²) in [6, 6.07) is 11.3. The Morgan fingerprint density at radius 2 is 1.88 bits per heavy atom. The van der Waals surface area contributed by atoms with Crippen LogP contribution in [-0.2, 0) is 31.2 Å². The smallest absolute Gasteiger partial charge is 0.321 e. The molecule has 1 aliphatic heterocycles. The minimum atomic E-state index is -3.84. The first-order valence-electron chi connectivity index (χ1n) is 10.7. The summed E-state index contributed by atoms with van der Waals surface area (Å²) in [6.45, 7) is 4.32. The van der Waals surface area contributed by atoms with Gasteiger partial charge in [-0.15, -0.1) is 0 Å². The molecule has 0 aliphatic carbocycles. The number of rotatable bonds is 7. The zero-order valence-corrected chi connectivity index (χ0v) is 20.6. The number of amides is 1. The molecule has 2 heterocycles. The van der Waals surface area contributed by atoms with Gasteiger partial charge in [-0.2, -0.15) is 0 Å². The standard InChI is InChI=1S/C24H25ClN2O6S/c1-14-8-20(25)19-10-22(27(3)21(19)9-14)24(29)26-15(2)16-4-6-18(7-5-16)34(30,31)13-23(28)33-17-11-32-12-17/h4-10,15,17H,11-13H2,1-3H3,(H,26,29)/t15-/m1/s1. The minimum absolute atomic E-state index is 0.00952. The number of hydrogen-bond acceptors (Lipinski definition) is 6. The van der Waals surface area contributed by atoms with Gasteiger partial charge in [0.25, 0.3) is 5.91 Å². The van der Waals surface area contributed by atoms with Crippen molar-refractivity contribution in [3.8, 4) is 0 Å². The van der Waals surface area contributed by atoms with Crippen LogP contribution in [0.5, 0.6) is 0 Å².